The Bertz CT molecular complexity index is 760. The predicted molar refractivity (Wildman–Crippen MR) is 81.7 cm³/mol. The first-order chi connectivity index (χ1) is 9.04. The number of halogens is 1. The minimum atomic E-state index is 0.464. The van der Waals surface area contributed by atoms with Gasteiger partial charge in [-0.3, -0.25) is 0 Å². The van der Waals surface area contributed by atoms with Gasteiger partial charge in [-0.25, -0.2) is 9.97 Å². The van der Waals surface area contributed by atoms with Gasteiger partial charge in [0.2, 0.25) is 0 Å². The topological polar surface area (TPSA) is 51.8 Å². The van der Waals surface area contributed by atoms with Crippen LogP contribution in [0.15, 0.2) is 24.3 Å². The quantitative estimate of drug-likeness (QED) is 0.730. The number of aromatic nitrogens is 2. The Morgan fingerprint density at radius 3 is 2.63 bits per heavy atom. The molecule has 0 saturated heterocycles. The molecule has 2 aromatic heterocycles. The molecule has 0 saturated carbocycles. The molecule has 0 aliphatic carbocycles. The van der Waals surface area contributed by atoms with Crippen molar-refractivity contribution in [3.63, 3.8) is 0 Å². The molecule has 1 aromatic carbocycles. The van der Waals surface area contributed by atoms with Crippen molar-refractivity contribution in [1.29, 1.82) is 0 Å². The predicted octanol–water partition coefficient (Wildman–Crippen LogP) is 4.21. The lowest BCUT2D eigenvalue weighted by Gasteiger charge is -2.04. The van der Waals surface area contributed by atoms with Crippen molar-refractivity contribution in [3.8, 4) is 10.7 Å². The highest BCUT2D eigenvalue weighted by atomic mass is 35.5. The molecule has 3 nitrogen and oxygen atoms in total. The van der Waals surface area contributed by atoms with Crippen LogP contribution in [0.5, 0.6) is 0 Å². The van der Waals surface area contributed by atoms with Crippen LogP contribution in [0, 0.1) is 13.8 Å². The van der Waals surface area contributed by atoms with Gasteiger partial charge in [0.15, 0.2) is 5.82 Å². The molecule has 0 aliphatic rings. The van der Waals surface area contributed by atoms with Crippen LogP contribution in [0.3, 0.4) is 0 Å². The Morgan fingerprint density at radius 1 is 1.16 bits per heavy atom. The van der Waals surface area contributed by atoms with Gasteiger partial charge in [0, 0.05) is 15.3 Å². The van der Waals surface area contributed by atoms with Crippen molar-refractivity contribution >= 4 is 39.7 Å². The molecule has 0 fully saturated rings. The highest BCUT2D eigenvalue weighted by molar-refractivity contribution is 7.15. The van der Waals surface area contributed by atoms with E-state index in [2.05, 4.69) is 29.9 Å². The van der Waals surface area contributed by atoms with E-state index < -0.39 is 0 Å². The Balaban J connectivity index is 2.23. The van der Waals surface area contributed by atoms with Crippen LogP contribution in [-0.4, -0.2) is 9.97 Å². The maximum atomic E-state index is 6.00. The minimum absolute atomic E-state index is 0.464. The summed E-state index contributed by atoms with van der Waals surface area (Å²) in [7, 11) is 0. The van der Waals surface area contributed by atoms with Gasteiger partial charge in [0.25, 0.3) is 0 Å². The van der Waals surface area contributed by atoms with Gasteiger partial charge < -0.3 is 5.73 Å². The van der Waals surface area contributed by atoms with Crippen molar-refractivity contribution in [2.45, 2.75) is 13.8 Å². The SMILES string of the molecule is Cc1cc(-c2nc(N)c3cc(Cl)ccc3n2)sc1C. The Morgan fingerprint density at radius 2 is 1.95 bits per heavy atom. The van der Waals surface area contributed by atoms with Gasteiger partial charge in [-0.15, -0.1) is 11.3 Å². The number of aryl methyl sites for hydroxylation is 2. The molecule has 19 heavy (non-hydrogen) atoms. The van der Waals surface area contributed by atoms with Crippen LogP contribution < -0.4 is 5.73 Å². The normalized spacial score (nSPS) is 11.1. The number of hydrogen-bond acceptors (Lipinski definition) is 4. The Hall–Kier alpha value is -1.65. The van der Waals surface area contributed by atoms with Gasteiger partial charge in [-0.1, -0.05) is 11.6 Å². The average Bonchev–Trinajstić information content (AvgIpc) is 2.70. The average molecular weight is 290 g/mol. The number of nitrogen functional groups attached to an aromatic ring is 1. The molecule has 0 spiro atoms. The number of nitrogens with zero attached hydrogens (tertiary/aromatic N) is 2. The maximum absolute atomic E-state index is 6.00. The first-order valence-electron chi connectivity index (χ1n) is 5.85. The molecule has 3 aromatic rings. The molecule has 0 atom stereocenters. The highest BCUT2D eigenvalue weighted by Gasteiger charge is 2.10. The lowest BCUT2D eigenvalue weighted by atomic mass is 10.2. The highest BCUT2D eigenvalue weighted by Crippen LogP contribution is 2.31. The largest absolute Gasteiger partial charge is 0.383 e. The molecule has 0 aliphatic heterocycles. The summed E-state index contributed by atoms with van der Waals surface area (Å²) in [5.74, 6) is 1.14. The van der Waals surface area contributed by atoms with Crippen molar-refractivity contribution in [2.24, 2.45) is 0 Å². The van der Waals surface area contributed by atoms with Crippen molar-refractivity contribution in [3.05, 3.63) is 39.7 Å². The Labute approximate surface area is 120 Å². The summed E-state index contributed by atoms with van der Waals surface area (Å²) in [5, 5.41) is 1.43. The smallest absolute Gasteiger partial charge is 0.172 e. The second kappa shape index (κ2) is 4.47. The van der Waals surface area contributed by atoms with Gasteiger partial charge in [-0.2, -0.15) is 0 Å². The summed E-state index contributed by atoms with van der Waals surface area (Å²) >= 11 is 7.64. The number of anilines is 1. The first kappa shape index (κ1) is 12.4. The third-order valence-corrected chi connectivity index (χ3v) is 4.46. The first-order valence-corrected chi connectivity index (χ1v) is 7.04. The summed E-state index contributed by atoms with van der Waals surface area (Å²) < 4.78 is 0. The Kier molecular flexibility index (Phi) is 2.92. The van der Waals surface area contributed by atoms with Gasteiger partial charge in [0.1, 0.15) is 5.82 Å². The van der Waals surface area contributed by atoms with Crippen molar-refractivity contribution in [2.75, 3.05) is 5.73 Å². The van der Waals surface area contributed by atoms with Crippen LogP contribution in [0.25, 0.3) is 21.6 Å². The van der Waals surface area contributed by atoms with Gasteiger partial charge >= 0.3 is 0 Å². The molecule has 0 bridgehead atoms. The van der Waals surface area contributed by atoms with Crippen LogP contribution in [0.2, 0.25) is 5.02 Å². The van der Waals surface area contributed by atoms with E-state index in [-0.39, 0.29) is 0 Å². The fourth-order valence-electron chi connectivity index (χ4n) is 1.92. The van der Waals surface area contributed by atoms with E-state index >= 15 is 0 Å². The van der Waals surface area contributed by atoms with Gasteiger partial charge in [-0.05, 0) is 43.7 Å². The van der Waals surface area contributed by atoms with Crippen LogP contribution in [0.1, 0.15) is 10.4 Å². The van der Waals surface area contributed by atoms with E-state index in [0.717, 1.165) is 15.8 Å². The van der Waals surface area contributed by atoms with E-state index in [1.165, 1.54) is 10.4 Å². The number of rotatable bonds is 1. The molecule has 3 rings (SSSR count). The number of nitrogens with two attached hydrogens (primary N) is 1. The summed E-state index contributed by atoms with van der Waals surface area (Å²) in [4.78, 5) is 11.3. The fourth-order valence-corrected chi connectivity index (χ4v) is 3.06. The molecule has 96 valence electrons. The summed E-state index contributed by atoms with van der Waals surface area (Å²) in [5.41, 5.74) is 8.07. The molecule has 0 unspecified atom stereocenters. The van der Waals surface area contributed by atoms with E-state index in [1.54, 1.807) is 17.4 Å². The third kappa shape index (κ3) is 2.17. The zero-order valence-corrected chi connectivity index (χ0v) is 12.1. The number of fused-ring (bicyclic) bond motifs is 1. The zero-order valence-electron chi connectivity index (χ0n) is 10.6. The standard InChI is InChI=1S/C14H12ClN3S/c1-7-5-12(19-8(7)2)14-17-11-4-3-9(15)6-10(11)13(16)18-14/h3-6H,1-2H3,(H2,16,17,18). The second-order valence-electron chi connectivity index (χ2n) is 4.44. The zero-order chi connectivity index (χ0) is 13.6. The van der Waals surface area contributed by atoms with E-state index in [9.17, 15) is 0 Å². The summed E-state index contributed by atoms with van der Waals surface area (Å²) in [6.45, 7) is 4.17. The molecule has 0 radical (unpaired) electrons. The van der Waals surface area contributed by atoms with E-state index in [1.807, 2.05) is 12.1 Å². The molecule has 2 N–H and O–H groups in total. The van der Waals surface area contributed by atoms with E-state index in [0.29, 0.717) is 16.7 Å². The molecular formula is C14H12ClN3S. The summed E-state index contributed by atoms with van der Waals surface area (Å²) in [6, 6.07) is 7.56. The van der Waals surface area contributed by atoms with E-state index in [4.69, 9.17) is 17.3 Å². The molecule has 2 heterocycles. The monoisotopic (exact) mass is 289 g/mol. The maximum Gasteiger partial charge on any atom is 0.172 e. The number of thiophene rings is 1. The van der Waals surface area contributed by atoms with Gasteiger partial charge in [0.05, 0.1) is 10.4 Å². The lowest BCUT2D eigenvalue weighted by Crippen LogP contribution is -1.96. The molecule has 5 heteroatoms. The van der Waals surface area contributed by atoms with Crippen LogP contribution in [0.4, 0.5) is 5.82 Å². The van der Waals surface area contributed by atoms with Crippen molar-refractivity contribution < 1.29 is 0 Å². The fraction of sp³-hybridized carbons (Fsp3) is 0.143. The molecular weight excluding hydrogens is 278 g/mol. The second-order valence-corrected chi connectivity index (χ2v) is 6.14. The third-order valence-electron chi connectivity index (χ3n) is 3.07. The lowest BCUT2D eigenvalue weighted by molar-refractivity contribution is 1.24. The summed E-state index contributed by atoms with van der Waals surface area (Å²) in [6.07, 6.45) is 0. The molecule has 0 amide bonds. The van der Waals surface area contributed by atoms with Crippen LogP contribution in [-0.2, 0) is 0 Å². The van der Waals surface area contributed by atoms with Crippen molar-refractivity contribution in [1.82, 2.24) is 9.97 Å². The van der Waals surface area contributed by atoms with Crippen LogP contribution >= 0.6 is 22.9 Å². The number of hydrogen-bond donors (Lipinski definition) is 1. The number of benzene rings is 1. The minimum Gasteiger partial charge on any atom is -0.383 e.